The molecule has 18 heavy (non-hydrogen) atoms. The molecule has 108 valence electrons. The van der Waals surface area contributed by atoms with Crippen molar-refractivity contribution in [2.24, 2.45) is 5.92 Å². The second-order valence-corrected chi connectivity index (χ2v) is 7.72. The van der Waals surface area contributed by atoms with Gasteiger partial charge in [0, 0.05) is 18.8 Å². The van der Waals surface area contributed by atoms with E-state index in [0.717, 1.165) is 26.2 Å². The Kier molecular flexibility index (Phi) is 7.19. The van der Waals surface area contributed by atoms with E-state index in [1.165, 1.54) is 19.3 Å². The molecule has 1 aliphatic heterocycles. The molecular weight excluding hydrogens is 248 g/mol. The fourth-order valence-corrected chi connectivity index (χ4v) is 3.24. The largest absolute Gasteiger partial charge is 0.316 e. The first-order valence-corrected chi connectivity index (χ1v) is 9.03. The SMILES string of the molecule is CCCNCC1CCCN(CCS(=O)(=O)CC)C1. The first-order valence-electron chi connectivity index (χ1n) is 7.21. The molecule has 0 aromatic heterocycles. The molecule has 4 nitrogen and oxygen atoms in total. The van der Waals surface area contributed by atoms with Crippen LogP contribution in [0.5, 0.6) is 0 Å². The Bertz CT molecular complexity index is 317. The predicted molar refractivity (Wildman–Crippen MR) is 76.7 cm³/mol. The first-order chi connectivity index (χ1) is 8.57. The third-order valence-corrected chi connectivity index (χ3v) is 5.31. The van der Waals surface area contributed by atoms with Crippen molar-refractivity contribution in [2.45, 2.75) is 33.1 Å². The summed E-state index contributed by atoms with van der Waals surface area (Å²) in [5.74, 6) is 1.27. The van der Waals surface area contributed by atoms with Crippen molar-refractivity contribution >= 4 is 9.84 Å². The molecule has 1 unspecified atom stereocenters. The molecule has 0 bridgehead atoms. The van der Waals surface area contributed by atoms with E-state index in [9.17, 15) is 8.42 Å². The van der Waals surface area contributed by atoms with Crippen molar-refractivity contribution in [2.75, 3.05) is 44.2 Å². The quantitative estimate of drug-likeness (QED) is 0.675. The van der Waals surface area contributed by atoms with E-state index in [4.69, 9.17) is 0 Å². The summed E-state index contributed by atoms with van der Waals surface area (Å²) in [4.78, 5) is 2.31. The average molecular weight is 276 g/mol. The van der Waals surface area contributed by atoms with Gasteiger partial charge in [0.1, 0.15) is 0 Å². The van der Waals surface area contributed by atoms with Crippen molar-refractivity contribution in [3.63, 3.8) is 0 Å². The third-order valence-electron chi connectivity index (χ3n) is 3.62. The molecule has 1 N–H and O–H groups in total. The van der Waals surface area contributed by atoms with Crippen LogP contribution in [0.25, 0.3) is 0 Å². The minimum atomic E-state index is -2.81. The Balaban J connectivity index is 2.26. The van der Waals surface area contributed by atoms with E-state index >= 15 is 0 Å². The molecule has 1 saturated heterocycles. The van der Waals surface area contributed by atoms with Gasteiger partial charge in [-0.1, -0.05) is 13.8 Å². The van der Waals surface area contributed by atoms with Crippen LogP contribution in [0.15, 0.2) is 0 Å². The zero-order valence-corrected chi connectivity index (χ0v) is 12.6. The number of piperidine rings is 1. The second-order valence-electron chi connectivity index (χ2n) is 5.25. The number of rotatable bonds is 8. The first kappa shape index (κ1) is 15.9. The van der Waals surface area contributed by atoms with Crippen molar-refractivity contribution in [1.82, 2.24) is 10.2 Å². The van der Waals surface area contributed by atoms with Crippen molar-refractivity contribution < 1.29 is 8.42 Å². The van der Waals surface area contributed by atoms with Gasteiger partial charge in [0.25, 0.3) is 0 Å². The Morgan fingerprint density at radius 1 is 1.33 bits per heavy atom. The van der Waals surface area contributed by atoms with Gasteiger partial charge in [-0.15, -0.1) is 0 Å². The highest BCUT2D eigenvalue weighted by atomic mass is 32.2. The van der Waals surface area contributed by atoms with Crippen molar-refractivity contribution in [3.8, 4) is 0 Å². The summed E-state index contributed by atoms with van der Waals surface area (Å²) in [5, 5.41) is 3.46. The Morgan fingerprint density at radius 2 is 2.11 bits per heavy atom. The van der Waals surface area contributed by atoms with Crippen LogP contribution in [0.1, 0.15) is 33.1 Å². The fraction of sp³-hybridized carbons (Fsp3) is 1.00. The highest BCUT2D eigenvalue weighted by molar-refractivity contribution is 7.91. The molecule has 1 aliphatic rings. The van der Waals surface area contributed by atoms with Crippen LogP contribution < -0.4 is 5.32 Å². The number of sulfone groups is 1. The van der Waals surface area contributed by atoms with Gasteiger partial charge in [0.2, 0.25) is 0 Å². The minimum Gasteiger partial charge on any atom is -0.316 e. The molecule has 0 spiro atoms. The molecule has 0 aliphatic carbocycles. The van der Waals surface area contributed by atoms with Gasteiger partial charge >= 0.3 is 0 Å². The van der Waals surface area contributed by atoms with E-state index in [0.29, 0.717) is 18.2 Å². The third kappa shape index (κ3) is 6.16. The van der Waals surface area contributed by atoms with E-state index in [-0.39, 0.29) is 5.75 Å². The van der Waals surface area contributed by atoms with E-state index in [1.807, 2.05) is 0 Å². The normalized spacial score (nSPS) is 22.2. The summed E-state index contributed by atoms with van der Waals surface area (Å²) in [6.45, 7) is 8.88. The zero-order chi connectivity index (χ0) is 13.4. The van der Waals surface area contributed by atoms with Crippen molar-refractivity contribution in [3.05, 3.63) is 0 Å². The maximum Gasteiger partial charge on any atom is 0.151 e. The number of likely N-dealkylation sites (tertiary alicyclic amines) is 1. The van der Waals surface area contributed by atoms with Gasteiger partial charge in [-0.05, 0) is 44.8 Å². The molecule has 0 saturated carbocycles. The molecule has 1 rings (SSSR count). The van der Waals surface area contributed by atoms with Crippen LogP contribution >= 0.6 is 0 Å². The van der Waals surface area contributed by atoms with Gasteiger partial charge in [-0.3, -0.25) is 0 Å². The summed E-state index contributed by atoms with van der Waals surface area (Å²) in [7, 11) is -2.81. The maximum atomic E-state index is 11.5. The predicted octanol–water partition coefficient (Wildman–Crippen LogP) is 1.13. The van der Waals surface area contributed by atoms with Crippen LogP contribution in [0, 0.1) is 5.92 Å². The molecular formula is C13H28N2O2S. The highest BCUT2D eigenvalue weighted by Crippen LogP contribution is 2.15. The van der Waals surface area contributed by atoms with E-state index in [2.05, 4.69) is 17.1 Å². The molecule has 0 aromatic carbocycles. The molecule has 1 heterocycles. The molecule has 5 heteroatoms. The standard InChI is InChI=1S/C13H28N2O2S/c1-3-7-14-11-13-6-5-8-15(12-13)9-10-18(16,17)4-2/h13-14H,3-12H2,1-2H3. The lowest BCUT2D eigenvalue weighted by molar-refractivity contribution is 0.181. The second kappa shape index (κ2) is 8.12. The van der Waals surface area contributed by atoms with Gasteiger partial charge < -0.3 is 10.2 Å². The zero-order valence-electron chi connectivity index (χ0n) is 11.8. The fourth-order valence-electron chi connectivity index (χ4n) is 2.42. The topological polar surface area (TPSA) is 49.4 Å². The lowest BCUT2D eigenvalue weighted by Gasteiger charge is -2.32. The minimum absolute atomic E-state index is 0.266. The summed E-state index contributed by atoms with van der Waals surface area (Å²) in [6, 6.07) is 0. The summed E-state index contributed by atoms with van der Waals surface area (Å²) in [6.07, 6.45) is 3.64. The lowest BCUT2D eigenvalue weighted by Crippen LogP contribution is -2.41. The Labute approximate surface area is 112 Å². The summed E-state index contributed by atoms with van der Waals surface area (Å²) < 4.78 is 23.0. The van der Waals surface area contributed by atoms with Gasteiger partial charge in [0.05, 0.1) is 5.75 Å². The number of nitrogens with zero attached hydrogens (tertiary/aromatic N) is 1. The van der Waals surface area contributed by atoms with Crippen LogP contribution in [-0.2, 0) is 9.84 Å². The Morgan fingerprint density at radius 3 is 2.78 bits per heavy atom. The number of hydrogen-bond acceptors (Lipinski definition) is 4. The molecule has 0 radical (unpaired) electrons. The smallest absolute Gasteiger partial charge is 0.151 e. The van der Waals surface area contributed by atoms with Crippen LogP contribution in [-0.4, -0.2) is 57.5 Å². The summed E-state index contributed by atoms with van der Waals surface area (Å²) >= 11 is 0. The van der Waals surface area contributed by atoms with Crippen LogP contribution in [0.3, 0.4) is 0 Å². The molecule has 1 atom stereocenters. The molecule has 0 aromatic rings. The van der Waals surface area contributed by atoms with E-state index < -0.39 is 9.84 Å². The molecule has 1 fully saturated rings. The lowest BCUT2D eigenvalue weighted by atomic mass is 9.98. The van der Waals surface area contributed by atoms with Gasteiger partial charge in [-0.2, -0.15) is 0 Å². The average Bonchev–Trinajstić information content (AvgIpc) is 2.38. The van der Waals surface area contributed by atoms with E-state index in [1.54, 1.807) is 6.92 Å². The monoisotopic (exact) mass is 276 g/mol. The Hall–Kier alpha value is -0.130. The summed E-state index contributed by atoms with van der Waals surface area (Å²) in [5.41, 5.74) is 0. The van der Waals surface area contributed by atoms with Crippen molar-refractivity contribution in [1.29, 1.82) is 0 Å². The number of hydrogen-bond donors (Lipinski definition) is 1. The van der Waals surface area contributed by atoms with Crippen LogP contribution in [0.2, 0.25) is 0 Å². The highest BCUT2D eigenvalue weighted by Gasteiger charge is 2.20. The number of nitrogens with one attached hydrogen (secondary N) is 1. The maximum absolute atomic E-state index is 11.5. The van der Waals surface area contributed by atoms with Crippen LogP contribution in [0.4, 0.5) is 0 Å². The van der Waals surface area contributed by atoms with Gasteiger partial charge in [-0.25, -0.2) is 8.42 Å². The molecule has 0 amide bonds. The van der Waals surface area contributed by atoms with Gasteiger partial charge in [0.15, 0.2) is 9.84 Å².